The molecular formula is C25H27N3O4. The molecule has 7 heteroatoms. The van der Waals surface area contributed by atoms with Crippen molar-refractivity contribution in [1.29, 1.82) is 0 Å². The van der Waals surface area contributed by atoms with E-state index in [4.69, 9.17) is 4.74 Å². The average Bonchev–Trinajstić information content (AvgIpc) is 3.63. The SMILES string of the molecule is CC(OC(=O)CCc1nc2ccccc2c(=O)n1C1CC1)C(=O)N(C)Cc1ccccc1. The summed E-state index contributed by atoms with van der Waals surface area (Å²) in [6, 6.07) is 17.0. The lowest BCUT2D eigenvalue weighted by Gasteiger charge is -2.21. The van der Waals surface area contributed by atoms with Gasteiger partial charge in [0.15, 0.2) is 6.10 Å². The van der Waals surface area contributed by atoms with E-state index in [-0.39, 0.29) is 30.3 Å². The molecule has 1 amide bonds. The summed E-state index contributed by atoms with van der Waals surface area (Å²) in [5.74, 6) is -0.155. The number of aromatic nitrogens is 2. The Balaban J connectivity index is 1.38. The lowest BCUT2D eigenvalue weighted by atomic mass is 10.2. The van der Waals surface area contributed by atoms with Gasteiger partial charge in [-0.1, -0.05) is 42.5 Å². The number of hydrogen-bond donors (Lipinski definition) is 0. The Labute approximate surface area is 186 Å². The number of esters is 1. The van der Waals surface area contributed by atoms with E-state index in [1.807, 2.05) is 42.5 Å². The average molecular weight is 434 g/mol. The molecule has 0 bridgehead atoms. The predicted octanol–water partition coefficient (Wildman–Crippen LogP) is 3.25. The van der Waals surface area contributed by atoms with Crippen LogP contribution < -0.4 is 5.56 Å². The Hall–Kier alpha value is -3.48. The molecule has 1 aliphatic rings. The highest BCUT2D eigenvalue weighted by Gasteiger charge is 2.29. The Morgan fingerprint density at radius 1 is 1.12 bits per heavy atom. The van der Waals surface area contributed by atoms with Crippen LogP contribution in [-0.4, -0.2) is 39.5 Å². The Kier molecular flexibility index (Phi) is 6.35. The Morgan fingerprint density at radius 2 is 1.81 bits per heavy atom. The third-order valence-electron chi connectivity index (χ3n) is 5.64. The Bertz CT molecular complexity index is 1180. The fourth-order valence-electron chi connectivity index (χ4n) is 3.84. The van der Waals surface area contributed by atoms with Crippen LogP contribution in [-0.2, 0) is 27.3 Å². The van der Waals surface area contributed by atoms with Gasteiger partial charge in [-0.2, -0.15) is 0 Å². The monoisotopic (exact) mass is 433 g/mol. The number of para-hydroxylation sites is 1. The number of nitrogens with zero attached hydrogens (tertiary/aromatic N) is 3. The molecule has 1 aliphatic carbocycles. The fourth-order valence-corrected chi connectivity index (χ4v) is 3.84. The molecule has 0 radical (unpaired) electrons. The first-order valence-corrected chi connectivity index (χ1v) is 10.9. The van der Waals surface area contributed by atoms with Gasteiger partial charge in [-0.15, -0.1) is 0 Å². The van der Waals surface area contributed by atoms with Crippen LogP contribution in [0.4, 0.5) is 0 Å². The quantitative estimate of drug-likeness (QED) is 0.510. The summed E-state index contributed by atoms with van der Waals surface area (Å²) < 4.78 is 7.10. The van der Waals surface area contributed by atoms with E-state index in [1.54, 1.807) is 35.6 Å². The molecule has 1 saturated carbocycles. The van der Waals surface area contributed by atoms with Crippen molar-refractivity contribution in [3.8, 4) is 0 Å². The normalized spacial score (nSPS) is 14.2. The summed E-state index contributed by atoms with van der Waals surface area (Å²) in [6.07, 6.45) is 1.34. The Morgan fingerprint density at radius 3 is 2.53 bits per heavy atom. The number of ether oxygens (including phenoxy) is 1. The minimum Gasteiger partial charge on any atom is -0.453 e. The second kappa shape index (κ2) is 9.34. The van der Waals surface area contributed by atoms with Gasteiger partial charge < -0.3 is 9.64 Å². The zero-order valence-electron chi connectivity index (χ0n) is 18.4. The van der Waals surface area contributed by atoms with Crippen LogP contribution in [0.25, 0.3) is 10.9 Å². The van der Waals surface area contributed by atoms with Crippen molar-refractivity contribution in [2.45, 2.75) is 51.3 Å². The van der Waals surface area contributed by atoms with Crippen molar-refractivity contribution in [3.63, 3.8) is 0 Å². The van der Waals surface area contributed by atoms with Crippen LogP contribution in [0.3, 0.4) is 0 Å². The largest absolute Gasteiger partial charge is 0.453 e. The summed E-state index contributed by atoms with van der Waals surface area (Å²) in [4.78, 5) is 44.1. The van der Waals surface area contributed by atoms with Crippen molar-refractivity contribution in [3.05, 3.63) is 76.3 Å². The number of amides is 1. The zero-order valence-corrected chi connectivity index (χ0v) is 18.4. The van der Waals surface area contributed by atoms with E-state index >= 15 is 0 Å². The van der Waals surface area contributed by atoms with Gasteiger partial charge in [0, 0.05) is 26.1 Å². The number of likely N-dealkylation sites (N-methyl/N-ethyl adjacent to an activating group) is 1. The number of carbonyl (C=O) groups excluding carboxylic acids is 2. The molecule has 0 N–H and O–H groups in total. The molecule has 166 valence electrons. The van der Waals surface area contributed by atoms with Gasteiger partial charge >= 0.3 is 5.97 Å². The van der Waals surface area contributed by atoms with Crippen molar-refractivity contribution < 1.29 is 14.3 Å². The van der Waals surface area contributed by atoms with E-state index in [0.717, 1.165) is 18.4 Å². The van der Waals surface area contributed by atoms with Crippen molar-refractivity contribution in [2.75, 3.05) is 7.05 Å². The number of hydrogen-bond acceptors (Lipinski definition) is 5. The van der Waals surface area contributed by atoms with Gasteiger partial charge in [0.1, 0.15) is 5.82 Å². The molecule has 4 rings (SSSR count). The topological polar surface area (TPSA) is 81.5 Å². The number of carbonyl (C=O) groups is 2. The predicted molar refractivity (Wildman–Crippen MR) is 121 cm³/mol. The molecule has 1 aromatic heterocycles. The number of aryl methyl sites for hydroxylation is 1. The second-order valence-corrected chi connectivity index (χ2v) is 8.26. The highest BCUT2D eigenvalue weighted by atomic mass is 16.5. The third-order valence-corrected chi connectivity index (χ3v) is 5.64. The van der Waals surface area contributed by atoms with Gasteiger partial charge in [-0.25, -0.2) is 4.98 Å². The van der Waals surface area contributed by atoms with Crippen molar-refractivity contribution in [2.24, 2.45) is 0 Å². The van der Waals surface area contributed by atoms with Gasteiger partial charge in [0.2, 0.25) is 0 Å². The van der Waals surface area contributed by atoms with Crippen molar-refractivity contribution in [1.82, 2.24) is 14.5 Å². The van der Waals surface area contributed by atoms with Crippen LogP contribution in [0.5, 0.6) is 0 Å². The number of benzene rings is 2. The van der Waals surface area contributed by atoms with Gasteiger partial charge in [0.25, 0.3) is 11.5 Å². The standard InChI is InChI=1S/C25H27N3O4/c1-17(24(30)27(2)16-18-8-4-3-5-9-18)32-23(29)15-14-22-26-21-11-7-6-10-20(21)25(31)28(22)19-12-13-19/h3-11,17,19H,12-16H2,1-2H3. The lowest BCUT2D eigenvalue weighted by molar-refractivity contribution is -0.158. The molecule has 7 nitrogen and oxygen atoms in total. The molecule has 0 spiro atoms. The molecular weight excluding hydrogens is 406 g/mol. The van der Waals surface area contributed by atoms with Gasteiger partial charge in [-0.05, 0) is 37.5 Å². The first-order valence-electron chi connectivity index (χ1n) is 10.9. The fraction of sp³-hybridized carbons (Fsp3) is 0.360. The molecule has 0 aliphatic heterocycles. The van der Waals surface area contributed by atoms with Crippen LogP contribution in [0.1, 0.15) is 43.6 Å². The van der Waals surface area contributed by atoms with E-state index in [1.165, 1.54) is 0 Å². The van der Waals surface area contributed by atoms with Crippen LogP contribution in [0.2, 0.25) is 0 Å². The smallest absolute Gasteiger partial charge is 0.307 e. The third kappa shape index (κ3) is 4.88. The van der Waals surface area contributed by atoms with Crippen LogP contribution in [0.15, 0.2) is 59.4 Å². The maximum absolute atomic E-state index is 12.9. The van der Waals surface area contributed by atoms with Gasteiger partial charge in [-0.3, -0.25) is 19.0 Å². The second-order valence-electron chi connectivity index (χ2n) is 8.26. The number of fused-ring (bicyclic) bond motifs is 1. The molecule has 3 aromatic rings. The molecule has 0 saturated heterocycles. The maximum Gasteiger partial charge on any atom is 0.307 e. The highest BCUT2D eigenvalue weighted by Crippen LogP contribution is 2.34. The van der Waals surface area contributed by atoms with E-state index in [0.29, 0.717) is 23.3 Å². The molecule has 2 aromatic carbocycles. The summed E-state index contributed by atoms with van der Waals surface area (Å²) >= 11 is 0. The van der Waals surface area contributed by atoms with Crippen molar-refractivity contribution >= 4 is 22.8 Å². The van der Waals surface area contributed by atoms with Crippen LogP contribution >= 0.6 is 0 Å². The van der Waals surface area contributed by atoms with E-state index in [2.05, 4.69) is 4.98 Å². The van der Waals surface area contributed by atoms with E-state index < -0.39 is 12.1 Å². The summed E-state index contributed by atoms with van der Waals surface area (Å²) in [5.41, 5.74) is 1.57. The first kappa shape index (κ1) is 21.7. The number of rotatable bonds is 8. The van der Waals surface area contributed by atoms with Crippen LogP contribution in [0, 0.1) is 0 Å². The molecule has 1 heterocycles. The first-order chi connectivity index (χ1) is 15.4. The maximum atomic E-state index is 12.9. The van der Waals surface area contributed by atoms with E-state index in [9.17, 15) is 14.4 Å². The summed E-state index contributed by atoms with van der Waals surface area (Å²) in [5, 5.41) is 0.589. The summed E-state index contributed by atoms with van der Waals surface area (Å²) in [6.45, 7) is 2.02. The van der Waals surface area contributed by atoms with Gasteiger partial charge in [0.05, 0.1) is 17.3 Å². The molecule has 32 heavy (non-hydrogen) atoms. The molecule has 1 fully saturated rings. The summed E-state index contributed by atoms with van der Waals surface area (Å²) in [7, 11) is 1.69. The minimum atomic E-state index is -0.883. The zero-order chi connectivity index (χ0) is 22.7. The molecule has 1 unspecified atom stereocenters. The lowest BCUT2D eigenvalue weighted by Crippen LogP contribution is -2.37. The minimum absolute atomic E-state index is 0.0531. The highest BCUT2D eigenvalue weighted by molar-refractivity contribution is 5.83. The molecule has 1 atom stereocenters.